The maximum Gasteiger partial charge on any atom is 0.238 e. The van der Waals surface area contributed by atoms with E-state index < -0.39 is 0 Å². The zero-order valence-electron chi connectivity index (χ0n) is 19.7. The van der Waals surface area contributed by atoms with Gasteiger partial charge < -0.3 is 19.7 Å². The van der Waals surface area contributed by atoms with Crippen molar-refractivity contribution in [3.63, 3.8) is 0 Å². The summed E-state index contributed by atoms with van der Waals surface area (Å²) in [4.78, 5) is 29.0. The standard InChI is InChI=1S/C26H35N3O4/c1-3-21-10-5-6-11-22(21)27-25(30)20-28-15-17-29(18-16-28)26(31)14-9-19-33-24-13-8-7-12-23(24)32-4-2/h5-8,10-13H,3-4,9,14-20H2,1-2H3,(H,27,30). The molecule has 2 amide bonds. The quantitative estimate of drug-likeness (QED) is 0.527. The van der Waals surface area contributed by atoms with Crippen LogP contribution in [0.4, 0.5) is 5.69 Å². The van der Waals surface area contributed by atoms with Gasteiger partial charge in [-0.15, -0.1) is 0 Å². The second kappa shape index (κ2) is 12.8. The lowest BCUT2D eigenvalue weighted by Crippen LogP contribution is -2.50. The van der Waals surface area contributed by atoms with Crippen LogP contribution in [0.15, 0.2) is 48.5 Å². The molecule has 178 valence electrons. The molecule has 2 aromatic rings. The number of para-hydroxylation sites is 3. The molecule has 2 aromatic carbocycles. The van der Waals surface area contributed by atoms with Crippen LogP contribution in [0.3, 0.4) is 0 Å². The second-order valence-electron chi connectivity index (χ2n) is 8.05. The zero-order valence-corrected chi connectivity index (χ0v) is 19.7. The average Bonchev–Trinajstić information content (AvgIpc) is 2.83. The van der Waals surface area contributed by atoms with Gasteiger partial charge in [0.1, 0.15) is 0 Å². The molecule has 0 saturated carbocycles. The molecule has 0 aliphatic carbocycles. The van der Waals surface area contributed by atoms with Crippen molar-refractivity contribution in [3.05, 3.63) is 54.1 Å². The molecule has 1 aliphatic heterocycles. The molecule has 1 saturated heterocycles. The molecule has 0 radical (unpaired) electrons. The van der Waals surface area contributed by atoms with Crippen molar-refractivity contribution in [1.82, 2.24) is 9.80 Å². The van der Waals surface area contributed by atoms with Crippen LogP contribution in [0.5, 0.6) is 11.5 Å². The van der Waals surface area contributed by atoms with Gasteiger partial charge in [0.25, 0.3) is 0 Å². The van der Waals surface area contributed by atoms with Gasteiger partial charge in [-0.3, -0.25) is 14.5 Å². The number of ether oxygens (including phenoxy) is 2. The van der Waals surface area contributed by atoms with Crippen molar-refractivity contribution in [2.24, 2.45) is 0 Å². The molecular formula is C26H35N3O4. The monoisotopic (exact) mass is 453 g/mol. The number of hydrogen-bond donors (Lipinski definition) is 1. The lowest BCUT2D eigenvalue weighted by Gasteiger charge is -2.34. The molecule has 0 bridgehead atoms. The molecule has 7 heteroatoms. The molecule has 1 fully saturated rings. The Balaban J connectivity index is 1.35. The number of nitrogens with zero attached hydrogens (tertiary/aromatic N) is 2. The Bertz CT molecular complexity index is 910. The third kappa shape index (κ3) is 7.49. The molecule has 1 heterocycles. The summed E-state index contributed by atoms with van der Waals surface area (Å²) in [5.74, 6) is 1.56. The number of rotatable bonds is 11. The molecule has 0 aromatic heterocycles. The SMILES string of the molecule is CCOc1ccccc1OCCCC(=O)N1CCN(CC(=O)Nc2ccccc2CC)CC1. The summed E-state index contributed by atoms with van der Waals surface area (Å²) in [5.41, 5.74) is 2.01. The first-order valence-corrected chi connectivity index (χ1v) is 11.8. The molecule has 7 nitrogen and oxygen atoms in total. The van der Waals surface area contributed by atoms with Gasteiger partial charge in [-0.2, -0.15) is 0 Å². The molecule has 1 aliphatic rings. The van der Waals surface area contributed by atoms with Gasteiger partial charge in [-0.05, 0) is 43.5 Å². The van der Waals surface area contributed by atoms with Gasteiger partial charge in [0.2, 0.25) is 11.8 Å². The normalized spacial score (nSPS) is 14.1. The van der Waals surface area contributed by atoms with Crippen molar-refractivity contribution < 1.29 is 19.1 Å². The predicted octanol–water partition coefficient (Wildman–Crippen LogP) is 3.59. The van der Waals surface area contributed by atoms with E-state index in [1.165, 1.54) is 0 Å². The van der Waals surface area contributed by atoms with Gasteiger partial charge in [0.05, 0.1) is 19.8 Å². The topological polar surface area (TPSA) is 71.1 Å². The Labute approximate surface area is 196 Å². The van der Waals surface area contributed by atoms with Gasteiger partial charge in [0, 0.05) is 38.3 Å². The summed E-state index contributed by atoms with van der Waals surface area (Å²) >= 11 is 0. The van der Waals surface area contributed by atoms with E-state index in [0.29, 0.717) is 64.5 Å². The number of carbonyl (C=O) groups excluding carboxylic acids is 2. The van der Waals surface area contributed by atoms with Crippen LogP contribution in [0.1, 0.15) is 32.3 Å². The maximum atomic E-state index is 12.6. The Kier molecular flexibility index (Phi) is 9.57. The summed E-state index contributed by atoms with van der Waals surface area (Å²) in [6.07, 6.45) is 1.98. The van der Waals surface area contributed by atoms with Gasteiger partial charge in [0.15, 0.2) is 11.5 Å². The van der Waals surface area contributed by atoms with Crippen molar-refractivity contribution in [2.75, 3.05) is 51.3 Å². The first-order chi connectivity index (χ1) is 16.1. The van der Waals surface area contributed by atoms with Gasteiger partial charge in [-0.25, -0.2) is 0 Å². The number of hydrogen-bond acceptors (Lipinski definition) is 5. The molecule has 33 heavy (non-hydrogen) atoms. The highest BCUT2D eigenvalue weighted by molar-refractivity contribution is 5.93. The first kappa shape index (κ1) is 24.6. The predicted molar refractivity (Wildman–Crippen MR) is 130 cm³/mol. The molecule has 0 atom stereocenters. The summed E-state index contributed by atoms with van der Waals surface area (Å²) in [6.45, 7) is 8.10. The number of aryl methyl sites for hydroxylation is 1. The number of anilines is 1. The van der Waals surface area contributed by atoms with E-state index in [1.54, 1.807) is 0 Å². The smallest absolute Gasteiger partial charge is 0.238 e. The van der Waals surface area contributed by atoms with Crippen LogP contribution in [0.25, 0.3) is 0 Å². The van der Waals surface area contributed by atoms with E-state index >= 15 is 0 Å². The van der Waals surface area contributed by atoms with Crippen LogP contribution >= 0.6 is 0 Å². The Morgan fingerprint density at radius 3 is 2.27 bits per heavy atom. The summed E-state index contributed by atoms with van der Waals surface area (Å²) in [7, 11) is 0. The number of piperazine rings is 1. The third-order valence-electron chi connectivity index (χ3n) is 5.71. The van der Waals surface area contributed by atoms with E-state index in [4.69, 9.17) is 9.47 Å². The Morgan fingerprint density at radius 2 is 1.58 bits per heavy atom. The van der Waals surface area contributed by atoms with E-state index in [1.807, 2.05) is 60.4 Å². The number of carbonyl (C=O) groups is 2. The average molecular weight is 454 g/mol. The minimum Gasteiger partial charge on any atom is -0.490 e. The number of nitrogens with one attached hydrogen (secondary N) is 1. The highest BCUT2D eigenvalue weighted by Gasteiger charge is 2.22. The fraction of sp³-hybridized carbons (Fsp3) is 0.462. The third-order valence-corrected chi connectivity index (χ3v) is 5.71. The molecular weight excluding hydrogens is 418 g/mol. The number of amides is 2. The fourth-order valence-electron chi connectivity index (χ4n) is 3.91. The van der Waals surface area contributed by atoms with Crippen LogP contribution in [0, 0.1) is 0 Å². The van der Waals surface area contributed by atoms with Crippen LogP contribution in [0.2, 0.25) is 0 Å². The van der Waals surface area contributed by atoms with Crippen LogP contribution in [-0.4, -0.2) is 67.6 Å². The summed E-state index contributed by atoms with van der Waals surface area (Å²) < 4.78 is 11.4. The summed E-state index contributed by atoms with van der Waals surface area (Å²) in [6, 6.07) is 15.5. The summed E-state index contributed by atoms with van der Waals surface area (Å²) in [5, 5.41) is 3.02. The first-order valence-electron chi connectivity index (χ1n) is 11.8. The number of benzene rings is 2. The lowest BCUT2D eigenvalue weighted by atomic mass is 10.1. The molecule has 1 N–H and O–H groups in total. The largest absolute Gasteiger partial charge is 0.490 e. The van der Waals surface area contributed by atoms with Crippen molar-refractivity contribution >= 4 is 17.5 Å². The lowest BCUT2D eigenvalue weighted by molar-refractivity contribution is -0.133. The minimum absolute atomic E-state index is 0.0137. The van der Waals surface area contributed by atoms with Crippen molar-refractivity contribution in [1.29, 1.82) is 0 Å². The molecule has 0 unspecified atom stereocenters. The zero-order chi connectivity index (χ0) is 23.5. The van der Waals surface area contributed by atoms with Gasteiger partial charge in [-0.1, -0.05) is 37.3 Å². The fourth-order valence-corrected chi connectivity index (χ4v) is 3.91. The van der Waals surface area contributed by atoms with Crippen molar-refractivity contribution in [3.8, 4) is 11.5 Å². The van der Waals surface area contributed by atoms with Crippen LogP contribution in [-0.2, 0) is 16.0 Å². The van der Waals surface area contributed by atoms with E-state index in [2.05, 4.69) is 17.1 Å². The highest BCUT2D eigenvalue weighted by atomic mass is 16.5. The highest BCUT2D eigenvalue weighted by Crippen LogP contribution is 2.26. The molecule has 3 rings (SSSR count). The maximum absolute atomic E-state index is 12.6. The van der Waals surface area contributed by atoms with E-state index in [9.17, 15) is 9.59 Å². The van der Waals surface area contributed by atoms with Crippen LogP contribution < -0.4 is 14.8 Å². The minimum atomic E-state index is -0.0137. The Hall–Kier alpha value is -3.06. The van der Waals surface area contributed by atoms with Gasteiger partial charge >= 0.3 is 0 Å². The van der Waals surface area contributed by atoms with E-state index in [0.717, 1.165) is 23.4 Å². The second-order valence-corrected chi connectivity index (χ2v) is 8.05. The molecule has 0 spiro atoms. The van der Waals surface area contributed by atoms with E-state index in [-0.39, 0.29) is 11.8 Å². The van der Waals surface area contributed by atoms with Crippen molar-refractivity contribution in [2.45, 2.75) is 33.1 Å². The Morgan fingerprint density at radius 1 is 0.909 bits per heavy atom.